The summed E-state index contributed by atoms with van der Waals surface area (Å²) in [7, 11) is 1.38. The molecule has 4 heteroatoms. The van der Waals surface area contributed by atoms with E-state index in [1.165, 1.54) is 7.11 Å². The van der Waals surface area contributed by atoms with E-state index < -0.39 is 5.54 Å². The maximum atomic E-state index is 12.1. The number of hydrogen-bond acceptors (Lipinski definition) is 3. The molecular formula is C14H20ClNO2. The lowest BCUT2D eigenvalue weighted by Crippen LogP contribution is -2.51. The fourth-order valence-electron chi connectivity index (χ4n) is 1.91. The molecule has 0 heterocycles. The average Bonchev–Trinajstić information content (AvgIpc) is 2.37. The minimum atomic E-state index is -0.928. The van der Waals surface area contributed by atoms with Crippen LogP contribution in [0, 0.1) is 0 Å². The molecule has 0 aliphatic carbocycles. The van der Waals surface area contributed by atoms with E-state index in [0.29, 0.717) is 5.02 Å². The molecule has 18 heavy (non-hydrogen) atoms. The quantitative estimate of drug-likeness (QED) is 0.835. The van der Waals surface area contributed by atoms with E-state index in [4.69, 9.17) is 16.3 Å². The molecule has 1 N–H and O–H groups in total. The highest BCUT2D eigenvalue weighted by atomic mass is 35.5. The normalized spacial score (nSPS) is 15.8. The summed E-state index contributed by atoms with van der Waals surface area (Å²) in [6, 6.07) is 7.50. The average molecular weight is 270 g/mol. The van der Waals surface area contributed by atoms with E-state index in [1.54, 1.807) is 13.0 Å². The highest BCUT2D eigenvalue weighted by Crippen LogP contribution is 2.29. The number of hydrogen-bond donors (Lipinski definition) is 1. The summed E-state index contributed by atoms with van der Waals surface area (Å²) < 4.78 is 4.91. The van der Waals surface area contributed by atoms with Crippen molar-refractivity contribution >= 4 is 17.6 Å². The third-order valence-electron chi connectivity index (χ3n) is 3.15. The van der Waals surface area contributed by atoms with Crippen LogP contribution in [0.1, 0.15) is 32.8 Å². The SMILES string of the molecule is CCC(C)NC(C)(C(=O)OC)c1ccccc1Cl. The van der Waals surface area contributed by atoms with Crippen LogP contribution in [0.4, 0.5) is 0 Å². The van der Waals surface area contributed by atoms with Crippen LogP contribution in [0.2, 0.25) is 5.02 Å². The molecule has 1 aromatic carbocycles. The van der Waals surface area contributed by atoms with Crippen molar-refractivity contribution in [3.8, 4) is 0 Å². The van der Waals surface area contributed by atoms with Gasteiger partial charge >= 0.3 is 5.97 Å². The Hall–Kier alpha value is -1.06. The van der Waals surface area contributed by atoms with Crippen LogP contribution in [-0.2, 0) is 15.1 Å². The Labute approximate surface area is 113 Å². The second-order valence-electron chi connectivity index (χ2n) is 4.55. The van der Waals surface area contributed by atoms with Gasteiger partial charge in [0.1, 0.15) is 5.54 Å². The number of carbonyl (C=O) groups is 1. The molecule has 0 fully saturated rings. The molecular weight excluding hydrogens is 250 g/mol. The molecule has 0 saturated carbocycles. The van der Waals surface area contributed by atoms with E-state index >= 15 is 0 Å². The van der Waals surface area contributed by atoms with E-state index in [2.05, 4.69) is 12.2 Å². The van der Waals surface area contributed by atoms with Gasteiger partial charge in [0.2, 0.25) is 0 Å². The Bertz CT molecular complexity index is 422. The first-order chi connectivity index (χ1) is 8.45. The largest absolute Gasteiger partial charge is 0.467 e. The lowest BCUT2D eigenvalue weighted by atomic mass is 9.90. The van der Waals surface area contributed by atoms with Crippen molar-refractivity contribution in [3.05, 3.63) is 34.9 Å². The molecule has 2 atom stereocenters. The maximum Gasteiger partial charge on any atom is 0.330 e. The number of halogens is 1. The third kappa shape index (κ3) is 3.03. The molecule has 0 aromatic heterocycles. The van der Waals surface area contributed by atoms with Gasteiger partial charge in [-0.25, -0.2) is 4.79 Å². The standard InChI is InChI=1S/C14H20ClNO2/c1-5-10(2)16-14(3,13(17)18-4)11-8-6-7-9-12(11)15/h6-10,16H,5H2,1-4H3. The van der Waals surface area contributed by atoms with Crippen molar-refractivity contribution in [2.75, 3.05) is 7.11 Å². The highest BCUT2D eigenvalue weighted by molar-refractivity contribution is 6.31. The fraction of sp³-hybridized carbons (Fsp3) is 0.500. The van der Waals surface area contributed by atoms with Gasteiger partial charge < -0.3 is 4.74 Å². The van der Waals surface area contributed by atoms with E-state index in [1.807, 2.05) is 25.1 Å². The van der Waals surface area contributed by atoms with E-state index in [9.17, 15) is 4.79 Å². The topological polar surface area (TPSA) is 38.3 Å². The zero-order valence-corrected chi connectivity index (χ0v) is 12.0. The molecule has 0 radical (unpaired) electrons. The summed E-state index contributed by atoms with van der Waals surface area (Å²) in [5.74, 6) is -0.337. The van der Waals surface area contributed by atoms with Gasteiger partial charge in [0.15, 0.2) is 0 Å². The molecule has 0 amide bonds. The minimum absolute atomic E-state index is 0.186. The van der Waals surface area contributed by atoms with Gasteiger partial charge in [-0.3, -0.25) is 5.32 Å². The van der Waals surface area contributed by atoms with Crippen molar-refractivity contribution in [1.29, 1.82) is 0 Å². The zero-order valence-electron chi connectivity index (χ0n) is 11.3. The van der Waals surface area contributed by atoms with Crippen molar-refractivity contribution in [2.24, 2.45) is 0 Å². The summed E-state index contributed by atoms with van der Waals surface area (Å²) >= 11 is 6.19. The lowest BCUT2D eigenvalue weighted by Gasteiger charge is -2.32. The van der Waals surface area contributed by atoms with Gasteiger partial charge in [0.05, 0.1) is 7.11 Å². The van der Waals surface area contributed by atoms with Gasteiger partial charge in [-0.1, -0.05) is 36.7 Å². The molecule has 1 aromatic rings. The molecule has 3 nitrogen and oxygen atoms in total. The monoisotopic (exact) mass is 269 g/mol. The van der Waals surface area contributed by atoms with Gasteiger partial charge in [-0.15, -0.1) is 0 Å². The summed E-state index contributed by atoms with van der Waals surface area (Å²) in [6.07, 6.45) is 0.914. The molecule has 0 aliphatic heterocycles. The minimum Gasteiger partial charge on any atom is -0.467 e. The smallest absolute Gasteiger partial charge is 0.330 e. The Morgan fingerprint density at radius 3 is 2.61 bits per heavy atom. The number of benzene rings is 1. The number of carbonyl (C=O) groups excluding carboxylic acids is 1. The van der Waals surface area contributed by atoms with E-state index in [-0.39, 0.29) is 12.0 Å². The molecule has 1 rings (SSSR count). The van der Waals surface area contributed by atoms with Crippen molar-refractivity contribution < 1.29 is 9.53 Å². The van der Waals surface area contributed by atoms with Crippen LogP contribution in [-0.4, -0.2) is 19.1 Å². The number of esters is 1. The van der Waals surface area contributed by atoms with Crippen LogP contribution in [0.15, 0.2) is 24.3 Å². The molecule has 100 valence electrons. The Morgan fingerprint density at radius 1 is 1.50 bits per heavy atom. The second kappa shape index (κ2) is 6.21. The van der Waals surface area contributed by atoms with Crippen LogP contribution in [0.3, 0.4) is 0 Å². The van der Waals surface area contributed by atoms with Crippen molar-refractivity contribution in [3.63, 3.8) is 0 Å². The molecule has 0 bridgehead atoms. The van der Waals surface area contributed by atoms with Crippen LogP contribution in [0.5, 0.6) is 0 Å². The predicted octanol–water partition coefficient (Wildman–Crippen LogP) is 3.12. The Balaban J connectivity index is 3.20. The maximum absolute atomic E-state index is 12.1. The summed E-state index contributed by atoms with van der Waals surface area (Å²) in [5, 5.41) is 3.85. The first-order valence-corrected chi connectivity index (χ1v) is 6.44. The second-order valence-corrected chi connectivity index (χ2v) is 4.96. The van der Waals surface area contributed by atoms with Crippen molar-refractivity contribution in [2.45, 2.75) is 38.8 Å². The van der Waals surface area contributed by atoms with Crippen molar-refractivity contribution in [1.82, 2.24) is 5.32 Å². The molecule has 2 unspecified atom stereocenters. The predicted molar refractivity (Wildman–Crippen MR) is 73.7 cm³/mol. The molecule has 0 saturated heterocycles. The third-order valence-corrected chi connectivity index (χ3v) is 3.48. The summed E-state index contributed by atoms with van der Waals surface area (Å²) in [6.45, 7) is 5.88. The first kappa shape index (κ1) is 15.0. The molecule has 0 aliphatic rings. The van der Waals surface area contributed by atoms with E-state index in [0.717, 1.165) is 12.0 Å². The van der Waals surface area contributed by atoms with Crippen LogP contribution >= 0.6 is 11.6 Å². The Kier molecular flexibility index (Phi) is 5.17. The number of rotatable bonds is 5. The van der Waals surface area contributed by atoms with Gasteiger partial charge in [-0.05, 0) is 26.3 Å². The zero-order chi connectivity index (χ0) is 13.8. The lowest BCUT2D eigenvalue weighted by molar-refractivity contribution is -0.148. The van der Waals surface area contributed by atoms with Gasteiger partial charge in [0.25, 0.3) is 0 Å². The first-order valence-electron chi connectivity index (χ1n) is 6.06. The van der Waals surface area contributed by atoms with Crippen LogP contribution < -0.4 is 5.32 Å². The Morgan fingerprint density at radius 2 is 2.11 bits per heavy atom. The number of nitrogens with one attached hydrogen (secondary N) is 1. The summed E-state index contributed by atoms with van der Waals surface area (Å²) in [4.78, 5) is 12.1. The fourth-order valence-corrected chi connectivity index (χ4v) is 2.24. The molecule has 0 spiro atoms. The number of methoxy groups -OCH3 is 1. The number of ether oxygens (including phenoxy) is 1. The van der Waals surface area contributed by atoms with Gasteiger partial charge in [-0.2, -0.15) is 0 Å². The highest BCUT2D eigenvalue weighted by Gasteiger charge is 2.38. The van der Waals surface area contributed by atoms with Gasteiger partial charge in [0, 0.05) is 16.6 Å². The summed E-state index contributed by atoms with van der Waals surface area (Å²) in [5.41, 5.74) is -0.193. The van der Waals surface area contributed by atoms with Crippen LogP contribution in [0.25, 0.3) is 0 Å².